The summed E-state index contributed by atoms with van der Waals surface area (Å²) >= 11 is 0. The molecule has 30 heavy (non-hydrogen) atoms. The molecule has 0 saturated carbocycles. The first-order valence-electron chi connectivity index (χ1n) is 10.2. The largest absolute Gasteiger partial charge is 0.543 e. The number of allylic oxidation sites excluding steroid dienone is 2. The number of methoxy groups -OCH3 is 2. The van der Waals surface area contributed by atoms with Crippen LogP contribution in [0.25, 0.3) is 0 Å². The molecule has 0 N–H and O–H groups in total. The molecule has 1 aromatic rings. The predicted octanol–water partition coefficient (Wildman–Crippen LogP) is 5.19. The standard InChI is InChI=1S/C23H34O6Si/c1-15(10-12-19(24)27-6)9-11-17-18(26-5)13-16-14-28-22(25)20(16)21(17)29-30(7,8)23(2,3)4/h9,13H,10-12,14H2,1-8H3/b15-9+. The number of fused-ring (bicyclic) bond motifs is 1. The zero-order chi connectivity index (χ0) is 22.7. The van der Waals surface area contributed by atoms with E-state index < -0.39 is 8.32 Å². The molecule has 0 aromatic heterocycles. The maximum Gasteiger partial charge on any atom is 0.342 e. The third kappa shape index (κ3) is 5.25. The lowest BCUT2D eigenvalue weighted by Crippen LogP contribution is -2.44. The lowest BCUT2D eigenvalue weighted by atomic mass is 9.99. The molecule has 7 heteroatoms. The van der Waals surface area contributed by atoms with E-state index >= 15 is 0 Å². The molecule has 1 aromatic carbocycles. The lowest BCUT2D eigenvalue weighted by Gasteiger charge is -2.37. The zero-order valence-electron chi connectivity index (χ0n) is 19.4. The number of rotatable bonds is 8. The Morgan fingerprint density at radius 2 is 1.90 bits per heavy atom. The van der Waals surface area contributed by atoms with E-state index in [2.05, 4.69) is 33.9 Å². The topological polar surface area (TPSA) is 71.1 Å². The molecule has 1 aliphatic heterocycles. The van der Waals surface area contributed by atoms with Crippen molar-refractivity contribution in [2.75, 3.05) is 14.2 Å². The Hall–Kier alpha value is -2.28. The van der Waals surface area contributed by atoms with E-state index in [0.29, 0.717) is 36.3 Å². The van der Waals surface area contributed by atoms with E-state index in [4.69, 9.17) is 18.6 Å². The highest BCUT2D eigenvalue weighted by Gasteiger charge is 2.42. The smallest absolute Gasteiger partial charge is 0.342 e. The van der Waals surface area contributed by atoms with Crippen LogP contribution in [0.1, 0.15) is 62.0 Å². The molecule has 0 spiro atoms. The summed E-state index contributed by atoms with van der Waals surface area (Å²) in [6.07, 6.45) is 3.52. The van der Waals surface area contributed by atoms with Crippen molar-refractivity contribution >= 4 is 20.3 Å². The van der Waals surface area contributed by atoms with Gasteiger partial charge >= 0.3 is 11.9 Å². The molecule has 0 amide bonds. The Morgan fingerprint density at radius 3 is 2.47 bits per heavy atom. The summed E-state index contributed by atoms with van der Waals surface area (Å²) in [5, 5.41) is -0.0327. The number of ether oxygens (including phenoxy) is 3. The van der Waals surface area contributed by atoms with E-state index in [9.17, 15) is 9.59 Å². The van der Waals surface area contributed by atoms with E-state index in [-0.39, 0.29) is 23.6 Å². The van der Waals surface area contributed by atoms with Gasteiger partial charge in [0.05, 0.1) is 14.2 Å². The van der Waals surface area contributed by atoms with Crippen molar-refractivity contribution in [2.45, 2.75) is 71.7 Å². The van der Waals surface area contributed by atoms with E-state index in [1.807, 2.05) is 19.1 Å². The highest BCUT2D eigenvalue weighted by Crippen LogP contribution is 2.44. The molecule has 1 aliphatic rings. The van der Waals surface area contributed by atoms with Gasteiger partial charge in [0.2, 0.25) is 0 Å². The molecular formula is C23H34O6Si. The summed E-state index contributed by atoms with van der Waals surface area (Å²) in [7, 11) is 0.785. The molecule has 0 aliphatic carbocycles. The van der Waals surface area contributed by atoms with Gasteiger partial charge in [-0.15, -0.1) is 0 Å². The predicted molar refractivity (Wildman–Crippen MR) is 119 cm³/mol. The molecular weight excluding hydrogens is 400 g/mol. The van der Waals surface area contributed by atoms with Crippen LogP contribution in [0.4, 0.5) is 0 Å². The van der Waals surface area contributed by atoms with Crippen molar-refractivity contribution in [2.24, 2.45) is 0 Å². The summed E-state index contributed by atoms with van der Waals surface area (Å²) in [5.41, 5.74) is 3.19. The van der Waals surface area contributed by atoms with Crippen molar-refractivity contribution in [3.8, 4) is 11.5 Å². The second kappa shape index (κ2) is 9.25. The van der Waals surface area contributed by atoms with Crippen molar-refractivity contribution in [3.63, 3.8) is 0 Å². The highest BCUT2D eigenvalue weighted by atomic mass is 28.4. The highest BCUT2D eigenvalue weighted by molar-refractivity contribution is 6.74. The average molecular weight is 435 g/mol. The van der Waals surface area contributed by atoms with Crippen LogP contribution >= 0.6 is 0 Å². The number of esters is 2. The summed E-state index contributed by atoms with van der Waals surface area (Å²) in [6.45, 7) is 13.0. The van der Waals surface area contributed by atoms with Crippen LogP contribution in [0.15, 0.2) is 17.7 Å². The van der Waals surface area contributed by atoms with Crippen molar-refractivity contribution in [3.05, 3.63) is 34.4 Å². The number of benzene rings is 1. The second-order valence-corrected chi connectivity index (χ2v) is 13.9. The number of carbonyl (C=O) groups is 2. The molecule has 0 radical (unpaired) electrons. The van der Waals surface area contributed by atoms with Gasteiger partial charge in [0.25, 0.3) is 8.32 Å². The molecule has 2 rings (SSSR count). The van der Waals surface area contributed by atoms with Gasteiger partial charge in [-0.3, -0.25) is 4.79 Å². The van der Waals surface area contributed by atoms with Crippen LogP contribution in [-0.4, -0.2) is 34.5 Å². The Kier molecular flexibility index (Phi) is 7.39. The van der Waals surface area contributed by atoms with Crippen LogP contribution in [-0.2, 0) is 27.3 Å². The van der Waals surface area contributed by atoms with Gasteiger partial charge in [-0.2, -0.15) is 0 Å². The quantitative estimate of drug-likeness (QED) is 0.318. The average Bonchev–Trinajstić information content (AvgIpc) is 3.04. The van der Waals surface area contributed by atoms with E-state index in [1.165, 1.54) is 7.11 Å². The van der Waals surface area contributed by atoms with E-state index in [1.54, 1.807) is 7.11 Å². The van der Waals surface area contributed by atoms with Crippen LogP contribution in [0.5, 0.6) is 11.5 Å². The SMILES string of the molecule is COC(=O)CC/C(C)=C/Cc1c(OC)cc2c(c1O[Si](C)(C)C(C)(C)C)C(=O)OC2. The van der Waals surface area contributed by atoms with E-state index in [0.717, 1.165) is 16.7 Å². The van der Waals surface area contributed by atoms with Crippen LogP contribution in [0.3, 0.4) is 0 Å². The van der Waals surface area contributed by atoms with Gasteiger partial charge in [-0.25, -0.2) is 4.79 Å². The molecule has 0 atom stereocenters. The van der Waals surface area contributed by atoms with Gasteiger partial charge in [0.15, 0.2) is 0 Å². The number of carbonyl (C=O) groups excluding carboxylic acids is 2. The van der Waals surface area contributed by atoms with Gasteiger partial charge in [-0.1, -0.05) is 32.4 Å². The van der Waals surface area contributed by atoms with Crippen LogP contribution in [0, 0.1) is 0 Å². The fourth-order valence-corrected chi connectivity index (χ4v) is 4.00. The summed E-state index contributed by atoms with van der Waals surface area (Å²) in [6, 6.07) is 1.87. The van der Waals surface area contributed by atoms with Gasteiger partial charge in [0.1, 0.15) is 23.7 Å². The van der Waals surface area contributed by atoms with Crippen molar-refractivity contribution in [1.82, 2.24) is 0 Å². The molecule has 166 valence electrons. The third-order valence-electron chi connectivity index (χ3n) is 5.98. The van der Waals surface area contributed by atoms with Gasteiger partial charge < -0.3 is 18.6 Å². The van der Waals surface area contributed by atoms with Gasteiger partial charge in [0, 0.05) is 17.5 Å². The Labute approximate surface area is 180 Å². The number of hydrogen-bond donors (Lipinski definition) is 0. The Bertz CT molecular complexity index is 848. The normalized spacial score (nSPS) is 14.3. The number of hydrogen-bond acceptors (Lipinski definition) is 6. The second-order valence-electron chi connectivity index (χ2n) is 9.19. The van der Waals surface area contributed by atoms with Crippen molar-refractivity contribution in [1.29, 1.82) is 0 Å². The molecule has 0 bridgehead atoms. The van der Waals surface area contributed by atoms with Crippen LogP contribution in [0.2, 0.25) is 18.1 Å². The molecule has 0 saturated heterocycles. The maximum absolute atomic E-state index is 12.5. The van der Waals surface area contributed by atoms with Crippen LogP contribution < -0.4 is 9.16 Å². The lowest BCUT2D eigenvalue weighted by molar-refractivity contribution is -0.140. The number of cyclic esters (lactones) is 1. The fourth-order valence-electron chi connectivity index (χ4n) is 2.96. The Balaban J connectivity index is 2.49. The summed E-state index contributed by atoms with van der Waals surface area (Å²) in [4.78, 5) is 24.0. The Morgan fingerprint density at radius 1 is 1.23 bits per heavy atom. The summed E-state index contributed by atoms with van der Waals surface area (Å²) in [5.74, 6) is 0.671. The first-order valence-corrected chi connectivity index (χ1v) is 13.1. The molecule has 6 nitrogen and oxygen atoms in total. The monoisotopic (exact) mass is 434 g/mol. The first-order chi connectivity index (χ1) is 13.9. The van der Waals surface area contributed by atoms with Crippen molar-refractivity contribution < 1.29 is 28.2 Å². The molecule has 1 heterocycles. The zero-order valence-corrected chi connectivity index (χ0v) is 20.4. The maximum atomic E-state index is 12.5. The first kappa shape index (κ1) is 24.0. The molecule has 0 fully saturated rings. The van der Waals surface area contributed by atoms with Gasteiger partial charge in [-0.05, 0) is 44.0 Å². The third-order valence-corrected chi connectivity index (χ3v) is 10.3. The minimum absolute atomic E-state index is 0.0327. The fraction of sp³-hybridized carbons (Fsp3) is 0.565. The summed E-state index contributed by atoms with van der Waals surface area (Å²) < 4.78 is 22.3. The minimum atomic E-state index is -2.22. The molecule has 0 unspecified atom stereocenters. The minimum Gasteiger partial charge on any atom is -0.543 e.